The lowest BCUT2D eigenvalue weighted by Crippen LogP contribution is -2.37. The molecule has 0 saturated carbocycles. The Labute approximate surface area is 81.8 Å². The van der Waals surface area contributed by atoms with Crippen LogP contribution in [0.25, 0.3) is 0 Å². The Morgan fingerprint density at radius 2 is 2.23 bits per heavy atom. The van der Waals surface area contributed by atoms with Gasteiger partial charge in [-0.15, -0.1) is 0 Å². The molecule has 1 nitrogen and oxygen atoms in total. The molecule has 2 heterocycles. The maximum absolute atomic E-state index is 2.72. The van der Waals surface area contributed by atoms with E-state index < -0.39 is 0 Å². The number of nitrogens with zero attached hydrogens (tertiary/aromatic N) is 1. The van der Waals surface area contributed by atoms with Crippen molar-refractivity contribution < 1.29 is 0 Å². The van der Waals surface area contributed by atoms with Gasteiger partial charge in [0.2, 0.25) is 0 Å². The van der Waals surface area contributed by atoms with Crippen molar-refractivity contribution in [1.29, 1.82) is 0 Å². The second-order valence-corrected chi connectivity index (χ2v) is 4.88. The third kappa shape index (κ3) is 1.34. The Morgan fingerprint density at radius 1 is 1.46 bits per heavy atom. The van der Waals surface area contributed by atoms with Gasteiger partial charge < -0.3 is 0 Å². The molecule has 13 heavy (non-hydrogen) atoms. The number of rotatable bonds is 1. The monoisotopic (exact) mass is 179 g/mol. The summed E-state index contributed by atoms with van der Waals surface area (Å²) in [5.41, 5.74) is 3.84. The van der Waals surface area contributed by atoms with E-state index in [0.717, 1.165) is 0 Å². The molecule has 0 N–H and O–H groups in total. The number of hydrogen-bond donors (Lipinski definition) is 0. The van der Waals surface area contributed by atoms with Crippen LogP contribution in [0, 0.1) is 0 Å². The number of fused-ring (bicyclic) bond motifs is 1. The quantitative estimate of drug-likeness (QED) is 0.559. The van der Waals surface area contributed by atoms with Crippen molar-refractivity contribution in [2.45, 2.75) is 52.0 Å². The van der Waals surface area contributed by atoms with Gasteiger partial charge in [0, 0.05) is 12.1 Å². The van der Waals surface area contributed by atoms with Gasteiger partial charge in [-0.3, -0.25) is 4.90 Å². The molecule has 0 spiro atoms. The van der Waals surface area contributed by atoms with E-state index in [0.29, 0.717) is 5.54 Å². The number of hydrogen-bond acceptors (Lipinski definition) is 1. The van der Waals surface area contributed by atoms with Gasteiger partial charge in [0.25, 0.3) is 0 Å². The van der Waals surface area contributed by atoms with Gasteiger partial charge in [-0.05, 0) is 46.1 Å². The first-order valence-electron chi connectivity index (χ1n) is 5.58. The lowest BCUT2D eigenvalue weighted by Gasteiger charge is -2.29. The normalized spacial score (nSPS) is 33.9. The van der Waals surface area contributed by atoms with E-state index in [1.807, 2.05) is 0 Å². The Bertz CT molecular complexity index is 238. The third-order valence-corrected chi connectivity index (χ3v) is 4.03. The van der Waals surface area contributed by atoms with E-state index in [1.165, 1.54) is 38.8 Å². The van der Waals surface area contributed by atoms with Gasteiger partial charge in [0.05, 0.1) is 0 Å². The minimum atomic E-state index is 0.576. The molecule has 1 atom stereocenters. The Balaban J connectivity index is 2.23. The average Bonchev–Trinajstić information content (AvgIpc) is 2.58. The molecule has 1 heteroatoms. The highest BCUT2D eigenvalue weighted by molar-refractivity contribution is 5.23. The van der Waals surface area contributed by atoms with Crippen LogP contribution in [0.5, 0.6) is 0 Å². The van der Waals surface area contributed by atoms with Crippen LogP contribution in [-0.2, 0) is 0 Å². The van der Waals surface area contributed by atoms with Crippen LogP contribution < -0.4 is 0 Å². The van der Waals surface area contributed by atoms with Crippen LogP contribution in [0.15, 0.2) is 11.1 Å². The maximum Gasteiger partial charge on any atom is 0.0248 e. The highest BCUT2D eigenvalue weighted by atomic mass is 15.2. The van der Waals surface area contributed by atoms with Gasteiger partial charge in [0.1, 0.15) is 0 Å². The topological polar surface area (TPSA) is 3.24 Å². The molecule has 0 aliphatic carbocycles. The fourth-order valence-electron chi connectivity index (χ4n) is 2.98. The molecule has 2 aliphatic heterocycles. The largest absolute Gasteiger partial charge is 0.293 e. The number of allylic oxidation sites excluding steroid dienone is 1. The van der Waals surface area contributed by atoms with Crippen LogP contribution in [-0.4, -0.2) is 23.5 Å². The summed E-state index contributed by atoms with van der Waals surface area (Å²) in [5.74, 6) is 0. The zero-order valence-electron chi connectivity index (χ0n) is 9.19. The summed E-state index contributed by atoms with van der Waals surface area (Å²) in [6.45, 7) is 9.48. The van der Waals surface area contributed by atoms with Crippen molar-refractivity contribution in [3.8, 4) is 0 Å². The Hall–Kier alpha value is -0.300. The third-order valence-electron chi connectivity index (χ3n) is 4.03. The zero-order valence-corrected chi connectivity index (χ0v) is 9.19. The molecule has 2 saturated heterocycles. The molecule has 0 aromatic carbocycles. The molecular weight excluding hydrogens is 158 g/mol. The van der Waals surface area contributed by atoms with Crippen molar-refractivity contribution >= 4 is 0 Å². The fourth-order valence-corrected chi connectivity index (χ4v) is 2.98. The first-order valence-corrected chi connectivity index (χ1v) is 5.58. The molecule has 0 radical (unpaired) electrons. The first-order chi connectivity index (χ1) is 6.18. The van der Waals surface area contributed by atoms with Crippen LogP contribution in [0.4, 0.5) is 0 Å². The highest BCUT2D eigenvalue weighted by Gasteiger charge is 2.44. The molecule has 2 fully saturated rings. The summed E-state index contributed by atoms with van der Waals surface area (Å²) in [4.78, 5) is 2.72. The summed E-state index contributed by atoms with van der Waals surface area (Å²) in [6, 6.07) is 0. The van der Waals surface area contributed by atoms with Gasteiger partial charge in [-0.1, -0.05) is 18.1 Å². The van der Waals surface area contributed by atoms with E-state index in [1.54, 1.807) is 11.1 Å². The fraction of sp³-hybridized carbons (Fsp3) is 0.833. The van der Waals surface area contributed by atoms with Crippen molar-refractivity contribution in [2.24, 2.45) is 0 Å². The molecule has 0 unspecified atom stereocenters. The lowest BCUT2D eigenvalue weighted by molar-refractivity contribution is 0.189. The minimum absolute atomic E-state index is 0.576. The SMILES string of the molecule is CC[C@@]12CCCN1CC(=C(C)C)C2. The molecule has 2 rings (SSSR count). The van der Waals surface area contributed by atoms with Crippen molar-refractivity contribution in [1.82, 2.24) is 4.90 Å². The molecule has 0 amide bonds. The van der Waals surface area contributed by atoms with Crippen molar-refractivity contribution in [3.05, 3.63) is 11.1 Å². The zero-order chi connectivity index (χ0) is 9.47. The van der Waals surface area contributed by atoms with Crippen LogP contribution in [0.3, 0.4) is 0 Å². The summed E-state index contributed by atoms with van der Waals surface area (Å²) >= 11 is 0. The van der Waals surface area contributed by atoms with E-state index in [-0.39, 0.29) is 0 Å². The molecule has 0 aromatic rings. The highest BCUT2D eigenvalue weighted by Crippen LogP contribution is 2.44. The van der Waals surface area contributed by atoms with Gasteiger partial charge in [-0.2, -0.15) is 0 Å². The average molecular weight is 179 g/mol. The van der Waals surface area contributed by atoms with E-state index >= 15 is 0 Å². The predicted octanol–water partition coefficient (Wildman–Crippen LogP) is 2.97. The molecule has 0 aromatic heterocycles. The van der Waals surface area contributed by atoms with Crippen LogP contribution in [0.1, 0.15) is 46.5 Å². The second-order valence-electron chi connectivity index (χ2n) is 4.88. The van der Waals surface area contributed by atoms with Crippen molar-refractivity contribution in [3.63, 3.8) is 0 Å². The summed E-state index contributed by atoms with van der Waals surface area (Å²) in [7, 11) is 0. The molecule has 0 bridgehead atoms. The minimum Gasteiger partial charge on any atom is -0.293 e. The predicted molar refractivity (Wildman–Crippen MR) is 56.8 cm³/mol. The van der Waals surface area contributed by atoms with E-state index in [2.05, 4.69) is 25.7 Å². The van der Waals surface area contributed by atoms with Crippen molar-refractivity contribution in [2.75, 3.05) is 13.1 Å². The lowest BCUT2D eigenvalue weighted by atomic mass is 9.89. The molecule has 74 valence electrons. The standard InChI is InChI=1S/C12H21N/c1-4-12-6-5-7-13(12)9-11(8-12)10(2)3/h4-9H2,1-3H3/t12-/m0/s1. The summed E-state index contributed by atoms with van der Waals surface area (Å²) in [6.07, 6.45) is 5.54. The van der Waals surface area contributed by atoms with Gasteiger partial charge in [0.15, 0.2) is 0 Å². The molecular formula is C12H21N. The summed E-state index contributed by atoms with van der Waals surface area (Å²) in [5, 5.41) is 0. The van der Waals surface area contributed by atoms with E-state index in [4.69, 9.17) is 0 Å². The van der Waals surface area contributed by atoms with Crippen LogP contribution >= 0.6 is 0 Å². The van der Waals surface area contributed by atoms with Gasteiger partial charge >= 0.3 is 0 Å². The Morgan fingerprint density at radius 3 is 2.77 bits per heavy atom. The molecule has 2 aliphatic rings. The smallest absolute Gasteiger partial charge is 0.0248 e. The Kier molecular flexibility index (Phi) is 2.23. The summed E-state index contributed by atoms with van der Waals surface area (Å²) < 4.78 is 0. The van der Waals surface area contributed by atoms with E-state index in [9.17, 15) is 0 Å². The first kappa shape index (κ1) is 9.26. The maximum atomic E-state index is 2.72. The van der Waals surface area contributed by atoms with Gasteiger partial charge in [-0.25, -0.2) is 0 Å². The van der Waals surface area contributed by atoms with Crippen LogP contribution in [0.2, 0.25) is 0 Å². The second kappa shape index (κ2) is 3.13.